The molecule has 1 aliphatic heterocycles. The van der Waals surface area contributed by atoms with Gasteiger partial charge in [0.2, 0.25) is 0 Å². The fraction of sp³-hybridized carbons (Fsp3) is 0.478. The van der Waals surface area contributed by atoms with E-state index in [1.807, 2.05) is 18.2 Å². The smallest absolute Gasteiger partial charge is 0.123 e. The maximum Gasteiger partial charge on any atom is 0.123 e. The fourth-order valence-corrected chi connectivity index (χ4v) is 3.84. The summed E-state index contributed by atoms with van der Waals surface area (Å²) in [6.07, 6.45) is 4.05. The third-order valence-electron chi connectivity index (χ3n) is 5.27. The highest BCUT2D eigenvalue weighted by Gasteiger charge is 2.26. The molecule has 3 rings (SSSR count). The highest BCUT2D eigenvalue weighted by atomic mass is 19.1. The second kappa shape index (κ2) is 7.87. The van der Waals surface area contributed by atoms with E-state index >= 15 is 0 Å². The number of halogens is 2. The van der Waals surface area contributed by atoms with Crippen LogP contribution in [0.2, 0.25) is 0 Å². The van der Waals surface area contributed by atoms with E-state index in [-0.39, 0.29) is 11.6 Å². The zero-order valence-electron chi connectivity index (χ0n) is 16.1. The van der Waals surface area contributed by atoms with Gasteiger partial charge in [-0.1, -0.05) is 39.0 Å². The molecular formula is C23H29F2N. The Balaban J connectivity index is 1.75. The first-order valence-electron chi connectivity index (χ1n) is 9.56. The largest absolute Gasteiger partial charge is 0.295 e. The zero-order chi connectivity index (χ0) is 18.7. The van der Waals surface area contributed by atoms with Crippen molar-refractivity contribution >= 4 is 0 Å². The molecule has 0 amide bonds. The van der Waals surface area contributed by atoms with Crippen LogP contribution < -0.4 is 0 Å². The Morgan fingerprint density at radius 2 is 1.65 bits per heavy atom. The van der Waals surface area contributed by atoms with Gasteiger partial charge in [0.25, 0.3) is 0 Å². The maximum absolute atomic E-state index is 13.7. The van der Waals surface area contributed by atoms with Crippen molar-refractivity contribution in [2.24, 2.45) is 5.41 Å². The van der Waals surface area contributed by atoms with Gasteiger partial charge >= 0.3 is 0 Å². The summed E-state index contributed by atoms with van der Waals surface area (Å²) in [5.74, 6) is -0.364. The molecule has 1 nitrogen and oxygen atoms in total. The molecule has 1 unspecified atom stereocenters. The molecule has 0 fully saturated rings. The second-order valence-corrected chi connectivity index (χ2v) is 8.74. The molecule has 0 aliphatic carbocycles. The average Bonchev–Trinajstić information content (AvgIpc) is 2.56. The van der Waals surface area contributed by atoms with Crippen molar-refractivity contribution in [3.63, 3.8) is 0 Å². The van der Waals surface area contributed by atoms with Gasteiger partial charge in [0, 0.05) is 12.6 Å². The van der Waals surface area contributed by atoms with Crippen LogP contribution in [0.1, 0.15) is 50.3 Å². The third kappa shape index (κ3) is 5.14. The molecule has 3 heteroatoms. The molecule has 0 saturated carbocycles. The summed E-state index contributed by atoms with van der Waals surface area (Å²) >= 11 is 0. The van der Waals surface area contributed by atoms with E-state index in [1.165, 1.54) is 24.1 Å². The van der Waals surface area contributed by atoms with Crippen LogP contribution in [0.5, 0.6) is 0 Å². The van der Waals surface area contributed by atoms with Gasteiger partial charge in [0.05, 0.1) is 0 Å². The van der Waals surface area contributed by atoms with Gasteiger partial charge < -0.3 is 0 Å². The molecule has 0 N–H and O–H groups in total. The van der Waals surface area contributed by atoms with Crippen molar-refractivity contribution in [1.82, 2.24) is 4.90 Å². The molecule has 0 aromatic heterocycles. The molecule has 0 radical (unpaired) electrons. The van der Waals surface area contributed by atoms with Crippen LogP contribution in [-0.4, -0.2) is 17.5 Å². The lowest BCUT2D eigenvalue weighted by Crippen LogP contribution is -2.42. The van der Waals surface area contributed by atoms with Gasteiger partial charge in [-0.25, -0.2) is 8.78 Å². The molecule has 1 aliphatic rings. The summed E-state index contributed by atoms with van der Waals surface area (Å²) in [5.41, 5.74) is 3.82. The topological polar surface area (TPSA) is 3.24 Å². The van der Waals surface area contributed by atoms with Crippen molar-refractivity contribution in [1.29, 1.82) is 0 Å². The minimum absolute atomic E-state index is 0.162. The first-order valence-corrected chi connectivity index (χ1v) is 9.56. The number of benzene rings is 2. The minimum atomic E-state index is -0.202. The van der Waals surface area contributed by atoms with Gasteiger partial charge in [0.1, 0.15) is 11.6 Å². The third-order valence-corrected chi connectivity index (χ3v) is 5.27. The lowest BCUT2D eigenvalue weighted by Gasteiger charge is -2.37. The van der Waals surface area contributed by atoms with Crippen LogP contribution in [0.25, 0.3) is 0 Å². The van der Waals surface area contributed by atoms with E-state index in [4.69, 9.17) is 0 Å². The normalized spacial score (nSPS) is 18.0. The van der Waals surface area contributed by atoms with E-state index in [0.29, 0.717) is 11.5 Å². The second-order valence-electron chi connectivity index (χ2n) is 8.74. The molecule has 2 aromatic carbocycles. The molecule has 140 valence electrons. The van der Waals surface area contributed by atoms with Crippen LogP contribution in [0.15, 0.2) is 42.5 Å². The quantitative estimate of drug-likeness (QED) is 0.657. The van der Waals surface area contributed by atoms with Crippen LogP contribution in [-0.2, 0) is 19.4 Å². The van der Waals surface area contributed by atoms with Crippen molar-refractivity contribution in [3.8, 4) is 0 Å². The fourth-order valence-electron chi connectivity index (χ4n) is 3.84. The number of hydrogen-bond acceptors (Lipinski definition) is 1. The first kappa shape index (κ1) is 19.0. The molecule has 1 atom stereocenters. The van der Waals surface area contributed by atoms with Crippen molar-refractivity contribution in [2.45, 2.75) is 59.0 Å². The van der Waals surface area contributed by atoms with Gasteiger partial charge in [-0.15, -0.1) is 0 Å². The lowest BCUT2D eigenvalue weighted by atomic mass is 9.88. The number of rotatable bonds is 5. The van der Waals surface area contributed by atoms with Crippen molar-refractivity contribution in [3.05, 3.63) is 70.8 Å². The molecular weight excluding hydrogens is 328 g/mol. The van der Waals surface area contributed by atoms with Crippen LogP contribution in [0.3, 0.4) is 0 Å². The summed E-state index contributed by atoms with van der Waals surface area (Å²) in [7, 11) is 0. The monoisotopic (exact) mass is 357 g/mol. The van der Waals surface area contributed by atoms with Gasteiger partial charge in [-0.3, -0.25) is 4.90 Å². The molecule has 1 heterocycles. The van der Waals surface area contributed by atoms with E-state index in [0.717, 1.165) is 43.5 Å². The van der Waals surface area contributed by atoms with Gasteiger partial charge in [-0.2, -0.15) is 0 Å². The SMILES string of the molecule is CC(C)(C)CCCN1Cc2ccc(F)cc2CC1Cc1ccc(F)cc1. The Bertz CT molecular complexity index is 731. The number of nitrogens with zero attached hydrogens (tertiary/aromatic N) is 1. The van der Waals surface area contributed by atoms with E-state index < -0.39 is 0 Å². The Morgan fingerprint density at radius 3 is 2.35 bits per heavy atom. The highest BCUT2D eigenvalue weighted by molar-refractivity contribution is 5.31. The van der Waals surface area contributed by atoms with E-state index in [1.54, 1.807) is 12.1 Å². The Labute approximate surface area is 156 Å². The summed E-state index contributed by atoms with van der Waals surface area (Å²) in [6, 6.07) is 12.3. The Morgan fingerprint density at radius 1 is 0.962 bits per heavy atom. The summed E-state index contributed by atoms with van der Waals surface area (Å²) < 4.78 is 26.9. The highest BCUT2D eigenvalue weighted by Crippen LogP contribution is 2.28. The van der Waals surface area contributed by atoms with Crippen LogP contribution in [0, 0.1) is 17.0 Å². The predicted molar refractivity (Wildman–Crippen MR) is 103 cm³/mol. The molecule has 2 aromatic rings. The molecule has 26 heavy (non-hydrogen) atoms. The zero-order valence-corrected chi connectivity index (χ0v) is 16.1. The minimum Gasteiger partial charge on any atom is -0.295 e. The average molecular weight is 357 g/mol. The van der Waals surface area contributed by atoms with Crippen molar-refractivity contribution in [2.75, 3.05) is 6.54 Å². The first-order chi connectivity index (χ1) is 12.3. The molecule has 0 bridgehead atoms. The number of fused-ring (bicyclic) bond motifs is 1. The lowest BCUT2D eigenvalue weighted by molar-refractivity contribution is 0.159. The Kier molecular flexibility index (Phi) is 5.76. The summed E-state index contributed by atoms with van der Waals surface area (Å²) in [5, 5.41) is 0. The summed E-state index contributed by atoms with van der Waals surface area (Å²) in [6.45, 7) is 8.73. The van der Waals surface area contributed by atoms with Gasteiger partial charge in [0.15, 0.2) is 0 Å². The van der Waals surface area contributed by atoms with Gasteiger partial charge in [-0.05, 0) is 78.6 Å². The van der Waals surface area contributed by atoms with E-state index in [2.05, 4.69) is 25.7 Å². The van der Waals surface area contributed by atoms with Crippen LogP contribution in [0.4, 0.5) is 8.78 Å². The van der Waals surface area contributed by atoms with Crippen molar-refractivity contribution < 1.29 is 8.78 Å². The molecule has 0 saturated heterocycles. The number of hydrogen-bond donors (Lipinski definition) is 0. The standard InChI is InChI=1S/C23H29F2N/c1-23(2,3)11-4-12-26-16-18-7-10-21(25)14-19(18)15-22(26)13-17-5-8-20(24)9-6-17/h5-10,14,22H,4,11-13,15-16H2,1-3H3. The maximum atomic E-state index is 13.7. The summed E-state index contributed by atoms with van der Waals surface area (Å²) in [4.78, 5) is 2.52. The predicted octanol–water partition coefficient (Wildman–Crippen LogP) is 5.76. The Hall–Kier alpha value is -1.74. The van der Waals surface area contributed by atoms with Crippen LogP contribution >= 0.6 is 0 Å². The van der Waals surface area contributed by atoms with E-state index in [9.17, 15) is 8.78 Å². The molecule has 0 spiro atoms.